The van der Waals surface area contributed by atoms with E-state index in [-0.39, 0.29) is 11.8 Å². The molecule has 7 heteroatoms. The zero-order valence-electron chi connectivity index (χ0n) is 10.3. The minimum Gasteiger partial charge on any atom is -0.495 e. The van der Waals surface area contributed by atoms with Crippen molar-refractivity contribution in [2.24, 2.45) is 0 Å². The molecule has 0 saturated heterocycles. The molecule has 5 nitrogen and oxygen atoms in total. The molecular formula is C12H14N2O3S2. The topological polar surface area (TPSA) is 67.4 Å². The molecule has 0 spiro atoms. The molecule has 0 saturated carbocycles. The average molecular weight is 298 g/mol. The Kier molecular flexibility index (Phi) is 4.06. The van der Waals surface area contributed by atoms with Gasteiger partial charge in [-0.1, -0.05) is 12.1 Å². The third kappa shape index (κ3) is 3.68. The summed E-state index contributed by atoms with van der Waals surface area (Å²) >= 11 is 5.15. The van der Waals surface area contributed by atoms with Crippen molar-refractivity contribution in [1.29, 1.82) is 0 Å². The first kappa shape index (κ1) is 13.8. The molecule has 1 atom stereocenters. The van der Waals surface area contributed by atoms with Gasteiger partial charge in [0.1, 0.15) is 5.75 Å². The minimum absolute atomic E-state index is 0.0285. The summed E-state index contributed by atoms with van der Waals surface area (Å²) in [7, 11) is -1.51. The second kappa shape index (κ2) is 5.58. The van der Waals surface area contributed by atoms with Crippen molar-refractivity contribution in [2.45, 2.75) is 6.04 Å². The Morgan fingerprint density at radius 1 is 1.42 bits per heavy atom. The molecular weight excluding hydrogens is 284 g/mol. The van der Waals surface area contributed by atoms with Crippen LogP contribution in [-0.2, 0) is 9.84 Å². The monoisotopic (exact) mass is 298 g/mol. The van der Waals surface area contributed by atoms with Crippen LogP contribution < -0.4 is 15.4 Å². The fourth-order valence-electron chi connectivity index (χ4n) is 1.74. The molecule has 1 heterocycles. The molecule has 0 fully saturated rings. The largest absolute Gasteiger partial charge is 0.495 e. The van der Waals surface area contributed by atoms with Crippen LogP contribution in [0, 0.1) is 0 Å². The maximum Gasteiger partial charge on any atom is 0.173 e. The van der Waals surface area contributed by atoms with Crippen LogP contribution in [0.3, 0.4) is 0 Å². The number of benzene rings is 1. The molecule has 0 radical (unpaired) electrons. The fourth-order valence-corrected chi connectivity index (χ4v) is 3.24. The lowest BCUT2D eigenvalue weighted by molar-refractivity contribution is 0.417. The van der Waals surface area contributed by atoms with Crippen LogP contribution >= 0.6 is 12.2 Å². The van der Waals surface area contributed by atoms with Crippen molar-refractivity contribution < 1.29 is 13.2 Å². The van der Waals surface area contributed by atoms with Crippen molar-refractivity contribution in [3.63, 3.8) is 0 Å². The van der Waals surface area contributed by atoms with Crippen molar-refractivity contribution in [3.8, 4) is 5.75 Å². The molecule has 1 unspecified atom stereocenters. The second-order valence-electron chi connectivity index (χ2n) is 4.06. The summed E-state index contributed by atoms with van der Waals surface area (Å²) < 4.78 is 27.7. The van der Waals surface area contributed by atoms with Gasteiger partial charge in [0.2, 0.25) is 0 Å². The zero-order chi connectivity index (χ0) is 13.9. The number of rotatable bonds is 3. The summed E-state index contributed by atoms with van der Waals surface area (Å²) in [6.45, 7) is 0. The van der Waals surface area contributed by atoms with Crippen LogP contribution in [0.2, 0.25) is 0 Å². The summed E-state index contributed by atoms with van der Waals surface area (Å²) in [4.78, 5) is 0. The quantitative estimate of drug-likeness (QED) is 0.820. The van der Waals surface area contributed by atoms with Gasteiger partial charge in [-0.2, -0.15) is 0 Å². The highest BCUT2D eigenvalue weighted by Gasteiger charge is 2.22. The van der Waals surface area contributed by atoms with Crippen molar-refractivity contribution in [2.75, 3.05) is 18.2 Å². The maximum atomic E-state index is 11.3. The van der Waals surface area contributed by atoms with E-state index in [1.54, 1.807) is 13.2 Å². The summed E-state index contributed by atoms with van der Waals surface area (Å²) in [6.07, 6.45) is 1.59. The number of thiocarbonyl (C=S) groups is 1. The predicted octanol–water partition coefficient (Wildman–Crippen LogP) is 1.29. The van der Waals surface area contributed by atoms with Crippen molar-refractivity contribution >= 4 is 32.9 Å². The molecule has 2 rings (SSSR count). The molecule has 0 amide bonds. The van der Waals surface area contributed by atoms with E-state index >= 15 is 0 Å². The van der Waals surface area contributed by atoms with Gasteiger partial charge in [0.05, 0.1) is 24.6 Å². The summed E-state index contributed by atoms with van der Waals surface area (Å²) in [6, 6.07) is 7.05. The number of sulfone groups is 1. The Bertz CT molecular complexity index is 611. The number of nitrogens with one attached hydrogen (secondary N) is 2. The first-order chi connectivity index (χ1) is 9.00. The number of ether oxygens (including phenoxy) is 1. The van der Waals surface area contributed by atoms with Crippen molar-refractivity contribution in [1.82, 2.24) is 5.32 Å². The summed E-state index contributed by atoms with van der Waals surface area (Å²) in [5.74, 6) is 0.696. The number of para-hydroxylation sites is 2. The number of hydrogen-bond acceptors (Lipinski definition) is 4. The Morgan fingerprint density at radius 2 is 2.16 bits per heavy atom. The molecule has 1 aliphatic rings. The predicted molar refractivity (Wildman–Crippen MR) is 79.1 cm³/mol. The van der Waals surface area contributed by atoms with Crippen LogP contribution in [0.25, 0.3) is 0 Å². The van der Waals surface area contributed by atoms with Crippen molar-refractivity contribution in [3.05, 3.63) is 35.7 Å². The minimum atomic E-state index is -3.08. The van der Waals surface area contributed by atoms with E-state index in [0.717, 1.165) is 5.69 Å². The van der Waals surface area contributed by atoms with E-state index in [4.69, 9.17) is 17.0 Å². The number of hydrogen-bond donors (Lipinski definition) is 2. The van der Waals surface area contributed by atoms with Crippen LogP contribution in [0.15, 0.2) is 35.7 Å². The van der Waals surface area contributed by atoms with Gasteiger partial charge in [-0.05, 0) is 30.4 Å². The van der Waals surface area contributed by atoms with E-state index in [2.05, 4.69) is 10.6 Å². The van der Waals surface area contributed by atoms with Gasteiger partial charge in [0, 0.05) is 5.41 Å². The van der Waals surface area contributed by atoms with E-state index in [1.165, 1.54) is 5.41 Å². The molecule has 1 aromatic rings. The Hall–Kier alpha value is -1.60. The van der Waals surface area contributed by atoms with E-state index in [1.807, 2.05) is 24.3 Å². The standard InChI is InChI=1S/C12H14N2O3S2/c1-17-11-5-3-2-4-10(11)14-12(18)13-9-6-7-19(15,16)8-9/h2-7,9H,8H2,1H3,(H2,13,14,18). The molecule has 0 bridgehead atoms. The number of methoxy groups -OCH3 is 1. The van der Waals surface area contributed by atoms with Gasteiger partial charge < -0.3 is 15.4 Å². The molecule has 102 valence electrons. The third-order valence-corrected chi connectivity index (χ3v) is 4.22. The maximum absolute atomic E-state index is 11.3. The Balaban J connectivity index is 1.97. The molecule has 2 N–H and O–H groups in total. The van der Waals surface area contributed by atoms with E-state index < -0.39 is 9.84 Å². The van der Waals surface area contributed by atoms with Gasteiger partial charge >= 0.3 is 0 Å². The SMILES string of the molecule is COc1ccccc1NC(=S)NC1C=CS(=O)(=O)C1. The molecule has 1 aromatic carbocycles. The van der Waals surface area contributed by atoms with Crippen LogP contribution in [0.5, 0.6) is 5.75 Å². The Morgan fingerprint density at radius 3 is 2.79 bits per heavy atom. The van der Waals surface area contributed by atoms with Crippen LogP contribution in [0.1, 0.15) is 0 Å². The summed E-state index contributed by atoms with van der Waals surface area (Å²) in [5, 5.41) is 7.48. The van der Waals surface area contributed by atoms with E-state index in [0.29, 0.717) is 10.9 Å². The lowest BCUT2D eigenvalue weighted by atomic mass is 10.3. The highest BCUT2D eigenvalue weighted by atomic mass is 32.2. The average Bonchev–Trinajstić information content (AvgIpc) is 2.69. The first-order valence-electron chi connectivity index (χ1n) is 5.62. The van der Waals surface area contributed by atoms with Gasteiger partial charge in [0.25, 0.3) is 0 Å². The normalized spacial score (nSPS) is 19.9. The third-order valence-electron chi connectivity index (χ3n) is 2.60. The molecule has 19 heavy (non-hydrogen) atoms. The van der Waals surface area contributed by atoms with Gasteiger partial charge in [0.15, 0.2) is 14.9 Å². The molecule has 1 aliphatic heterocycles. The van der Waals surface area contributed by atoms with Gasteiger partial charge in [-0.3, -0.25) is 0 Å². The second-order valence-corrected chi connectivity index (χ2v) is 6.40. The molecule has 0 aliphatic carbocycles. The van der Waals surface area contributed by atoms with E-state index in [9.17, 15) is 8.42 Å². The van der Waals surface area contributed by atoms with Crippen LogP contribution in [-0.4, -0.2) is 32.4 Å². The zero-order valence-corrected chi connectivity index (χ0v) is 11.9. The summed E-state index contributed by atoms with van der Waals surface area (Å²) in [5.41, 5.74) is 0.729. The van der Waals surface area contributed by atoms with Gasteiger partial charge in [-0.15, -0.1) is 0 Å². The fraction of sp³-hybridized carbons (Fsp3) is 0.250. The first-order valence-corrected chi connectivity index (χ1v) is 7.74. The Labute approximate surface area is 117 Å². The highest BCUT2D eigenvalue weighted by Crippen LogP contribution is 2.22. The smallest absolute Gasteiger partial charge is 0.173 e. The van der Waals surface area contributed by atoms with Gasteiger partial charge in [-0.25, -0.2) is 8.42 Å². The number of anilines is 1. The van der Waals surface area contributed by atoms with Crippen LogP contribution in [0.4, 0.5) is 5.69 Å². The highest BCUT2D eigenvalue weighted by molar-refractivity contribution is 7.94. The molecule has 0 aromatic heterocycles. The lowest BCUT2D eigenvalue weighted by Gasteiger charge is -2.15. The lowest BCUT2D eigenvalue weighted by Crippen LogP contribution is -2.38.